The second-order valence-electron chi connectivity index (χ2n) is 7.08. The number of anilines is 1. The van der Waals surface area contributed by atoms with Gasteiger partial charge in [-0.2, -0.15) is 5.10 Å². The molecule has 4 rings (SSSR count). The summed E-state index contributed by atoms with van der Waals surface area (Å²) in [6, 6.07) is 5.44. The number of nitrogens with zero attached hydrogens (tertiary/aromatic N) is 3. The molecule has 28 heavy (non-hydrogen) atoms. The fourth-order valence-corrected chi connectivity index (χ4v) is 3.40. The fourth-order valence-electron chi connectivity index (χ4n) is 3.40. The molecular formula is C19H23N5O4. The van der Waals surface area contributed by atoms with Gasteiger partial charge in [0.25, 0.3) is 0 Å². The smallest absolute Gasteiger partial charge is 0.319 e. The molecule has 0 unspecified atom stereocenters. The minimum atomic E-state index is -0.179. The van der Waals surface area contributed by atoms with Gasteiger partial charge in [-0.3, -0.25) is 9.89 Å². The van der Waals surface area contributed by atoms with E-state index in [0.29, 0.717) is 50.0 Å². The van der Waals surface area contributed by atoms with Crippen molar-refractivity contribution in [2.24, 2.45) is 0 Å². The minimum absolute atomic E-state index is 0.0552. The van der Waals surface area contributed by atoms with Crippen LogP contribution < -0.4 is 14.8 Å². The predicted octanol–water partition coefficient (Wildman–Crippen LogP) is 1.40. The Hall–Kier alpha value is -3.23. The predicted molar refractivity (Wildman–Crippen MR) is 102 cm³/mol. The van der Waals surface area contributed by atoms with Crippen LogP contribution in [0.15, 0.2) is 18.2 Å². The molecule has 0 radical (unpaired) electrons. The Kier molecular flexibility index (Phi) is 4.81. The van der Waals surface area contributed by atoms with Crippen molar-refractivity contribution in [2.75, 3.05) is 39.2 Å². The summed E-state index contributed by atoms with van der Waals surface area (Å²) in [5, 5.41) is 10.1. The number of aromatic amines is 1. The first-order valence-electron chi connectivity index (χ1n) is 9.22. The first-order valence-corrected chi connectivity index (χ1v) is 9.22. The molecule has 0 spiro atoms. The molecule has 2 N–H and O–H groups in total. The van der Waals surface area contributed by atoms with E-state index in [1.165, 1.54) is 0 Å². The van der Waals surface area contributed by atoms with Crippen LogP contribution in [0.5, 0.6) is 11.5 Å². The third kappa shape index (κ3) is 3.60. The maximum Gasteiger partial charge on any atom is 0.319 e. The molecule has 3 heterocycles. The van der Waals surface area contributed by atoms with Crippen molar-refractivity contribution in [1.29, 1.82) is 0 Å². The summed E-state index contributed by atoms with van der Waals surface area (Å²) in [6.07, 6.45) is 0.874. The summed E-state index contributed by atoms with van der Waals surface area (Å²) in [4.78, 5) is 28.1. The van der Waals surface area contributed by atoms with Crippen LogP contribution in [0, 0.1) is 0 Å². The molecule has 2 aliphatic heterocycles. The molecule has 0 atom stereocenters. The van der Waals surface area contributed by atoms with E-state index in [4.69, 9.17) is 9.47 Å². The topological polar surface area (TPSA) is 99.8 Å². The van der Waals surface area contributed by atoms with Crippen LogP contribution >= 0.6 is 0 Å². The Balaban J connectivity index is 1.43. The zero-order valence-electron chi connectivity index (χ0n) is 15.9. The van der Waals surface area contributed by atoms with Gasteiger partial charge in [-0.05, 0) is 17.7 Å². The highest BCUT2D eigenvalue weighted by molar-refractivity contribution is 5.92. The van der Waals surface area contributed by atoms with E-state index in [1.54, 1.807) is 23.9 Å². The Morgan fingerprint density at radius 1 is 1.25 bits per heavy atom. The van der Waals surface area contributed by atoms with E-state index in [9.17, 15) is 9.59 Å². The van der Waals surface area contributed by atoms with Crippen molar-refractivity contribution in [3.63, 3.8) is 0 Å². The number of benzene rings is 1. The monoisotopic (exact) mass is 385 g/mol. The molecule has 0 bridgehead atoms. The number of ether oxygens (including phenoxy) is 2. The van der Waals surface area contributed by atoms with Crippen molar-refractivity contribution in [3.8, 4) is 11.5 Å². The zero-order chi connectivity index (χ0) is 19.7. The Morgan fingerprint density at radius 3 is 2.82 bits per heavy atom. The van der Waals surface area contributed by atoms with Crippen LogP contribution in [-0.2, 0) is 24.2 Å². The lowest BCUT2D eigenvalue weighted by atomic mass is 10.1. The molecule has 0 aliphatic carbocycles. The number of urea groups is 1. The maximum atomic E-state index is 12.5. The van der Waals surface area contributed by atoms with Gasteiger partial charge in [-0.15, -0.1) is 0 Å². The van der Waals surface area contributed by atoms with E-state index in [2.05, 4.69) is 15.5 Å². The van der Waals surface area contributed by atoms with Crippen LogP contribution in [0.25, 0.3) is 0 Å². The van der Waals surface area contributed by atoms with Crippen LogP contribution in [0.4, 0.5) is 10.6 Å². The van der Waals surface area contributed by atoms with E-state index in [-0.39, 0.29) is 18.4 Å². The van der Waals surface area contributed by atoms with Gasteiger partial charge in [-0.1, -0.05) is 6.07 Å². The van der Waals surface area contributed by atoms with E-state index < -0.39 is 0 Å². The number of amides is 3. The number of hydrogen-bond donors (Lipinski definition) is 2. The van der Waals surface area contributed by atoms with Gasteiger partial charge in [0.1, 0.15) is 13.2 Å². The molecule has 148 valence electrons. The second-order valence-corrected chi connectivity index (χ2v) is 7.08. The number of carbonyl (C=O) groups is 2. The maximum absolute atomic E-state index is 12.5. The Bertz CT molecular complexity index is 908. The van der Waals surface area contributed by atoms with Crippen LogP contribution in [0.1, 0.15) is 16.8 Å². The van der Waals surface area contributed by atoms with Gasteiger partial charge in [0.2, 0.25) is 5.91 Å². The summed E-state index contributed by atoms with van der Waals surface area (Å²) < 4.78 is 11.1. The first kappa shape index (κ1) is 18.1. The molecule has 1 aromatic carbocycles. The normalized spacial score (nSPS) is 15.0. The van der Waals surface area contributed by atoms with E-state index >= 15 is 0 Å². The average molecular weight is 385 g/mol. The molecule has 9 nitrogen and oxygen atoms in total. The third-order valence-electron chi connectivity index (χ3n) is 4.82. The third-order valence-corrected chi connectivity index (χ3v) is 4.82. The van der Waals surface area contributed by atoms with Crippen LogP contribution in [0.2, 0.25) is 0 Å². The lowest BCUT2D eigenvalue weighted by Crippen LogP contribution is -2.42. The molecule has 0 saturated carbocycles. The average Bonchev–Trinajstić information content (AvgIpc) is 3.09. The highest BCUT2D eigenvalue weighted by Crippen LogP contribution is 2.31. The second kappa shape index (κ2) is 7.41. The van der Waals surface area contributed by atoms with Gasteiger partial charge in [0.05, 0.1) is 13.0 Å². The first-order chi connectivity index (χ1) is 13.5. The number of hydrogen-bond acceptors (Lipinski definition) is 5. The van der Waals surface area contributed by atoms with Crippen molar-refractivity contribution in [3.05, 3.63) is 35.0 Å². The molecule has 0 fully saturated rings. The Morgan fingerprint density at radius 2 is 2.04 bits per heavy atom. The molecule has 2 aliphatic rings. The zero-order valence-corrected chi connectivity index (χ0v) is 15.9. The summed E-state index contributed by atoms with van der Waals surface area (Å²) in [5.41, 5.74) is 2.64. The lowest BCUT2D eigenvalue weighted by molar-refractivity contribution is -0.115. The fraction of sp³-hybridized carbons (Fsp3) is 0.421. The summed E-state index contributed by atoms with van der Waals surface area (Å²) >= 11 is 0. The van der Waals surface area contributed by atoms with Gasteiger partial charge in [0.15, 0.2) is 17.3 Å². The number of nitrogens with one attached hydrogen (secondary N) is 2. The number of carbonyl (C=O) groups excluding carboxylic acids is 2. The lowest BCUT2D eigenvalue weighted by Gasteiger charge is -2.29. The number of fused-ring (bicyclic) bond motifs is 2. The Labute approximate surface area is 162 Å². The summed E-state index contributed by atoms with van der Waals surface area (Å²) in [7, 11) is 3.45. The summed E-state index contributed by atoms with van der Waals surface area (Å²) in [5.74, 6) is 1.66. The van der Waals surface area contributed by atoms with Gasteiger partial charge >= 0.3 is 6.03 Å². The minimum Gasteiger partial charge on any atom is -0.486 e. The number of rotatable bonds is 3. The summed E-state index contributed by atoms with van der Waals surface area (Å²) in [6.45, 7) is 2.08. The standard InChI is InChI=1S/C19H23N5O4/c1-23(2)19(26)24-6-5-14-13(11-24)18(22-21-14)20-17(25)10-12-3-4-15-16(9-12)28-8-7-27-15/h3-4,9H,5-8,10-11H2,1-2H3,(H2,20,21,22,25). The number of aromatic nitrogens is 2. The molecule has 1 aromatic heterocycles. The van der Waals surface area contributed by atoms with Crippen LogP contribution in [0.3, 0.4) is 0 Å². The molecule has 0 saturated heterocycles. The molecule has 2 aromatic rings. The highest BCUT2D eigenvalue weighted by Gasteiger charge is 2.26. The van der Waals surface area contributed by atoms with Crippen molar-refractivity contribution in [2.45, 2.75) is 19.4 Å². The highest BCUT2D eigenvalue weighted by atomic mass is 16.6. The largest absolute Gasteiger partial charge is 0.486 e. The van der Waals surface area contributed by atoms with Gasteiger partial charge < -0.3 is 24.6 Å². The molecule has 9 heteroatoms. The number of H-pyrrole nitrogens is 1. The van der Waals surface area contributed by atoms with Crippen LogP contribution in [-0.4, -0.2) is 65.8 Å². The molecule has 3 amide bonds. The van der Waals surface area contributed by atoms with E-state index in [1.807, 2.05) is 18.2 Å². The van der Waals surface area contributed by atoms with Gasteiger partial charge in [0, 0.05) is 38.3 Å². The van der Waals surface area contributed by atoms with E-state index in [0.717, 1.165) is 16.8 Å². The molecular weight excluding hydrogens is 362 g/mol. The van der Waals surface area contributed by atoms with Crippen molar-refractivity contribution < 1.29 is 19.1 Å². The van der Waals surface area contributed by atoms with Gasteiger partial charge in [-0.25, -0.2) is 4.79 Å². The van der Waals surface area contributed by atoms with Crippen molar-refractivity contribution in [1.82, 2.24) is 20.0 Å². The SMILES string of the molecule is CN(C)C(=O)N1CCc2[nH]nc(NC(=O)Cc3ccc4c(c3)OCCO4)c2C1. The van der Waals surface area contributed by atoms with Crippen molar-refractivity contribution >= 4 is 17.8 Å². The quantitative estimate of drug-likeness (QED) is 0.832.